The van der Waals surface area contributed by atoms with Crippen LogP contribution in [0.5, 0.6) is 0 Å². The minimum atomic E-state index is -1.15. The van der Waals surface area contributed by atoms with Crippen molar-refractivity contribution in [2.24, 2.45) is 11.7 Å². The lowest BCUT2D eigenvalue weighted by Gasteiger charge is -2.44. The molecule has 1 aliphatic heterocycles. The third-order valence-electron chi connectivity index (χ3n) is 7.38. The normalized spacial score (nSPS) is 20.8. The van der Waals surface area contributed by atoms with Crippen LogP contribution in [0.1, 0.15) is 29.4 Å². The third-order valence-corrected chi connectivity index (χ3v) is 7.85. The van der Waals surface area contributed by atoms with Gasteiger partial charge in [-0.25, -0.2) is 4.79 Å². The zero-order valence-electron chi connectivity index (χ0n) is 21.8. The van der Waals surface area contributed by atoms with Crippen LogP contribution < -0.4 is 10.6 Å². The summed E-state index contributed by atoms with van der Waals surface area (Å²) in [5, 5.41) is 0.855. The number of benzene rings is 3. The molecule has 0 aromatic heterocycles. The van der Waals surface area contributed by atoms with Gasteiger partial charge in [-0.2, -0.15) is 0 Å². The van der Waals surface area contributed by atoms with Gasteiger partial charge in [0.05, 0.1) is 25.7 Å². The molecule has 1 aliphatic carbocycles. The monoisotopic (exact) mass is 576 g/mol. The molecule has 2 N–H and O–H groups in total. The zero-order valence-corrected chi connectivity index (χ0v) is 23.3. The number of methoxy groups -OCH3 is 2. The van der Waals surface area contributed by atoms with Crippen LogP contribution in [0.25, 0.3) is 0 Å². The number of halogens is 2. The fourth-order valence-electron chi connectivity index (χ4n) is 5.68. The van der Waals surface area contributed by atoms with Gasteiger partial charge < -0.3 is 15.2 Å². The molecule has 0 fully saturated rings. The number of hydrogen-bond donors (Lipinski definition) is 1. The van der Waals surface area contributed by atoms with Gasteiger partial charge in [0.2, 0.25) is 0 Å². The highest BCUT2D eigenvalue weighted by Gasteiger charge is 2.51. The van der Waals surface area contributed by atoms with Crippen LogP contribution in [0.4, 0.5) is 5.69 Å². The molecule has 7 nitrogen and oxygen atoms in total. The van der Waals surface area contributed by atoms with E-state index in [1.807, 2.05) is 30.3 Å². The Morgan fingerprint density at radius 3 is 2.15 bits per heavy atom. The first-order chi connectivity index (χ1) is 19.3. The third kappa shape index (κ3) is 4.76. The number of nitrogens with two attached hydrogens (primary N) is 1. The second-order valence-electron chi connectivity index (χ2n) is 9.54. The molecule has 0 saturated carbocycles. The van der Waals surface area contributed by atoms with E-state index < -0.39 is 35.5 Å². The molecule has 3 atom stereocenters. The topological polar surface area (TPSA) is 98.9 Å². The summed E-state index contributed by atoms with van der Waals surface area (Å²) in [5.74, 6) is -4.38. The molecule has 3 aromatic rings. The van der Waals surface area contributed by atoms with Crippen molar-refractivity contribution in [1.29, 1.82) is 0 Å². The number of carbonyl (C=O) groups excluding carboxylic acids is 3. The van der Waals surface area contributed by atoms with Gasteiger partial charge in [-0.15, -0.1) is 0 Å². The predicted octanol–water partition coefficient (Wildman–Crippen LogP) is 5.74. The number of Topliss-reactive ketones (excluding diaryl/α,β-unsaturated/α-hetero) is 1. The molecule has 9 heteroatoms. The quantitative estimate of drug-likeness (QED) is 0.305. The number of nitrogens with zero attached hydrogens (tertiary/aromatic N) is 1. The highest BCUT2D eigenvalue weighted by Crippen LogP contribution is 2.51. The summed E-state index contributed by atoms with van der Waals surface area (Å²) >= 11 is 12.7. The molecule has 2 aliphatic rings. The van der Waals surface area contributed by atoms with Crippen molar-refractivity contribution in [3.05, 3.63) is 123 Å². The summed E-state index contributed by atoms with van der Waals surface area (Å²) in [6.07, 6.45) is 0.254. The number of ketones is 1. The second kappa shape index (κ2) is 11.2. The van der Waals surface area contributed by atoms with Gasteiger partial charge in [0, 0.05) is 32.9 Å². The maximum atomic E-state index is 14.6. The van der Waals surface area contributed by atoms with Crippen molar-refractivity contribution in [3.63, 3.8) is 0 Å². The summed E-state index contributed by atoms with van der Waals surface area (Å²) in [6.45, 7) is 0. The first kappa shape index (κ1) is 27.5. The Balaban J connectivity index is 1.84. The van der Waals surface area contributed by atoms with E-state index in [1.54, 1.807) is 53.4 Å². The molecule has 0 saturated heterocycles. The fourth-order valence-corrected chi connectivity index (χ4v) is 6.06. The van der Waals surface area contributed by atoms with Crippen molar-refractivity contribution < 1.29 is 23.9 Å². The smallest absolute Gasteiger partial charge is 0.338 e. The van der Waals surface area contributed by atoms with Crippen LogP contribution >= 0.6 is 23.2 Å². The Hall–Kier alpha value is -4.07. The molecular formula is C31H26Cl2N2O5. The lowest BCUT2D eigenvalue weighted by atomic mass is 9.67. The Labute approximate surface area is 241 Å². The van der Waals surface area contributed by atoms with E-state index in [4.69, 9.17) is 38.4 Å². The number of rotatable bonds is 5. The molecule has 40 heavy (non-hydrogen) atoms. The Kier molecular flexibility index (Phi) is 7.70. The first-order valence-electron chi connectivity index (χ1n) is 12.6. The molecule has 0 radical (unpaired) electrons. The molecule has 204 valence electrons. The molecule has 0 bridgehead atoms. The summed E-state index contributed by atoms with van der Waals surface area (Å²) in [4.78, 5) is 42.8. The average Bonchev–Trinajstić information content (AvgIpc) is 2.96. The van der Waals surface area contributed by atoms with Crippen LogP contribution in [0.15, 0.2) is 102 Å². The van der Waals surface area contributed by atoms with Gasteiger partial charge in [-0.1, -0.05) is 71.7 Å². The predicted molar refractivity (Wildman–Crippen MR) is 153 cm³/mol. The Morgan fingerprint density at radius 2 is 1.52 bits per heavy atom. The maximum absolute atomic E-state index is 14.6. The first-order valence-corrected chi connectivity index (χ1v) is 13.3. The van der Waals surface area contributed by atoms with E-state index in [1.165, 1.54) is 14.2 Å². The average molecular weight is 577 g/mol. The lowest BCUT2D eigenvalue weighted by Crippen LogP contribution is -2.46. The number of esters is 2. The molecule has 3 unspecified atom stereocenters. The van der Waals surface area contributed by atoms with Gasteiger partial charge in [-0.3, -0.25) is 14.5 Å². The van der Waals surface area contributed by atoms with E-state index in [-0.39, 0.29) is 23.4 Å². The number of allylic oxidation sites excluding steroid dienone is 2. The summed E-state index contributed by atoms with van der Waals surface area (Å²) in [7, 11) is 2.50. The molecule has 1 heterocycles. The van der Waals surface area contributed by atoms with Gasteiger partial charge in [0.25, 0.3) is 0 Å². The Bertz CT molecular complexity index is 1570. The highest BCUT2D eigenvalue weighted by molar-refractivity contribution is 6.31. The van der Waals surface area contributed by atoms with Crippen LogP contribution in [0.3, 0.4) is 0 Å². The van der Waals surface area contributed by atoms with Gasteiger partial charge >= 0.3 is 11.9 Å². The summed E-state index contributed by atoms with van der Waals surface area (Å²) < 4.78 is 10.3. The van der Waals surface area contributed by atoms with Crippen molar-refractivity contribution >= 4 is 46.6 Å². The van der Waals surface area contributed by atoms with E-state index in [0.29, 0.717) is 27.0 Å². The zero-order chi connectivity index (χ0) is 28.6. The molecule has 3 aromatic carbocycles. The highest BCUT2D eigenvalue weighted by atomic mass is 35.5. The van der Waals surface area contributed by atoms with Crippen LogP contribution in [0, 0.1) is 5.92 Å². The number of ether oxygens (including phenoxy) is 2. The number of carbonyl (C=O) groups is 3. The van der Waals surface area contributed by atoms with E-state index in [9.17, 15) is 14.4 Å². The SMILES string of the molecule is COC(=O)C1=C(N)N(c2cccc(Cl)c2)C2=C(C(=O)C(C(=O)OC)C(c3ccccc3)C2)C1c1cccc(Cl)c1. The van der Waals surface area contributed by atoms with E-state index >= 15 is 0 Å². The molecule has 5 rings (SSSR count). The van der Waals surface area contributed by atoms with Gasteiger partial charge in [0.15, 0.2) is 5.78 Å². The largest absolute Gasteiger partial charge is 0.468 e. The van der Waals surface area contributed by atoms with Crippen molar-refractivity contribution in [2.75, 3.05) is 19.1 Å². The Morgan fingerprint density at radius 1 is 0.875 bits per heavy atom. The summed E-state index contributed by atoms with van der Waals surface area (Å²) in [5.41, 5.74) is 9.56. The maximum Gasteiger partial charge on any atom is 0.338 e. The van der Waals surface area contributed by atoms with Crippen LogP contribution in [0.2, 0.25) is 10.0 Å². The van der Waals surface area contributed by atoms with Crippen LogP contribution in [-0.4, -0.2) is 31.9 Å². The number of anilines is 1. The fraction of sp³-hybridized carbons (Fsp3) is 0.194. The van der Waals surface area contributed by atoms with Gasteiger partial charge in [0.1, 0.15) is 11.7 Å². The van der Waals surface area contributed by atoms with E-state index in [0.717, 1.165) is 5.56 Å². The lowest BCUT2D eigenvalue weighted by molar-refractivity contribution is -0.150. The second-order valence-corrected chi connectivity index (χ2v) is 10.4. The summed E-state index contributed by atoms with van der Waals surface area (Å²) in [6, 6.07) is 23.1. The number of hydrogen-bond acceptors (Lipinski definition) is 7. The van der Waals surface area contributed by atoms with E-state index in [2.05, 4.69) is 0 Å². The van der Waals surface area contributed by atoms with Crippen molar-refractivity contribution in [2.45, 2.75) is 18.3 Å². The molecule has 0 spiro atoms. The minimum Gasteiger partial charge on any atom is -0.468 e. The van der Waals surface area contributed by atoms with Crippen LogP contribution in [-0.2, 0) is 23.9 Å². The van der Waals surface area contributed by atoms with Crippen molar-refractivity contribution in [3.8, 4) is 0 Å². The minimum absolute atomic E-state index is 0.0543. The van der Waals surface area contributed by atoms with Crippen molar-refractivity contribution in [1.82, 2.24) is 0 Å². The molecular weight excluding hydrogens is 551 g/mol. The molecule has 0 amide bonds. The standard InChI is InChI=1S/C31H26Cl2N2O5/c1-39-30(37)25-22(17-8-4-3-5-9-17)16-23-26(28(25)36)24(18-10-6-11-19(32)14-18)27(31(38)40-2)29(34)35(23)21-13-7-12-20(33)15-21/h3-15,22,24-25H,16,34H2,1-2H3. The van der Waals surface area contributed by atoms with Gasteiger partial charge in [-0.05, 0) is 47.9 Å².